The Bertz CT molecular complexity index is 568. The van der Waals surface area contributed by atoms with E-state index in [1.165, 1.54) is 0 Å². The molecule has 4 nitrogen and oxygen atoms in total. The Hall–Kier alpha value is -1.97. The molecule has 0 atom stereocenters. The zero-order valence-electron chi connectivity index (χ0n) is 10.3. The lowest BCUT2D eigenvalue weighted by Gasteiger charge is -2.05. The van der Waals surface area contributed by atoms with Crippen LogP contribution in [0.5, 0.6) is 0 Å². The van der Waals surface area contributed by atoms with Crippen molar-refractivity contribution >= 4 is 28.8 Å². The van der Waals surface area contributed by atoms with Crippen molar-refractivity contribution in [2.24, 2.45) is 10.9 Å². The molecule has 0 bridgehead atoms. The van der Waals surface area contributed by atoms with Gasteiger partial charge in [0.2, 0.25) is 5.95 Å². The van der Waals surface area contributed by atoms with Gasteiger partial charge in [0.05, 0.1) is 5.69 Å². The number of aliphatic imine (C=N–C) groups is 1. The Balaban J connectivity index is 2.66. The largest absolute Gasteiger partial charge is 0.368 e. The highest BCUT2D eigenvalue weighted by molar-refractivity contribution is 5.92. The Morgan fingerprint density at radius 3 is 2.82 bits per heavy atom. The molecule has 1 aromatic heterocycles. The number of nitrogens with two attached hydrogens (primary N) is 1. The third kappa shape index (κ3) is 2.41. The summed E-state index contributed by atoms with van der Waals surface area (Å²) in [7, 11) is 0. The lowest BCUT2D eigenvalue weighted by molar-refractivity contribution is 0.907. The molecule has 2 aromatic rings. The number of aryl methyl sites for hydroxylation is 1. The monoisotopic (exact) mass is 228 g/mol. The molecule has 17 heavy (non-hydrogen) atoms. The maximum atomic E-state index is 5.62. The lowest BCUT2D eigenvalue weighted by atomic mass is 10.1. The fourth-order valence-electron chi connectivity index (χ4n) is 1.58. The normalized spacial score (nSPS) is 11.8. The van der Waals surface area contributed by atoms with Crippen LogP contribution in [0.25, 0.3) is 10.9 Å². The van der Waals surface area contributed by atoms with Gasteiger partial charge in [-0.05, 0) is 18.4 Å². The van der Waals surface area contributed by atoms with Gasteiger partial charge in [0, 0.05) is 17.8 Å². The highest BCUT2D eigenvalue weighted by Crippen LogP contribution is 2.28. The number of nitrogens with zero attached hydrogens (tertiary/aromatic N) is 3. The van der Waals surface area contributed by atoms with Crippen LogP contribution in [0.3, 0.4) is 0 Å². The number of nitrogen functional groups attached to an aromatic ring is 1. The minimum Gasteiger partial charge on any atom is -0.368 e. The summed E-state index contributed by atoms with van der Waals surface area (Å²) in [6.45, 7) is 6.20. The predicted molar refractivity (Wildman–Crippen MR) is 71.7 cm³/mol. The van der Waals surface area contributed by atoms with E-state index in [0.29, 0.717) is 5.92 Å². The Kier molecular flexibility index (Phi) is 3.04. The van der Waals surface area contributed by atoms with Crippen LogP contribution in [0, 0.1) is 12.8 Å². The van der Waals surface area contributed by atoms with Crippen molar-refractivity contribution in [1.29, 1.82) is 0 Å². The van der Waals surface area contributed by atoms with Crippen molar-refractivity contribution in [2.45, 2.75) is 20.8 Å². The highest BCUT2D eigenvalue weighted by atomic mass is 15.0. The summed E-state index contributed by atoms with van der Waals surface area (Å²) in [6.07, 6.45) is 3.64. The number of fused-ring (bicyclic) bond motifs is 1. The Morgan fingerprint density at radius 2 is 2.12 bits per heavy atom. The maximum absolute atomic E-state index is 5.62. The fraction of sp³-hybridized carbons (Fsp3) is 0.308. The molecule has 4 heteroatoms. The number of hydrogen-bond acceptors (Lipinski definition) is 4. The summed E-state index contributed by atoms with van der Waals surface area (Å²) in [4.78, 5) is 12.8. The first-order valence-corrected chi connectivity index (χ1v) is 5.64. The van der Waals surface area contributed by atoms with E-state index in [1.54, 1.807) is 6.20 Å². The van der Waals surface area contributed by atoms with E-state index in [1.807, 2.05) is 25.3 Å². The quantitative estimate of drug-likeness (QED) is 0.804. The number of hydrogen-bond donors (Lipinski definition) is 1. The molecule has 2 N–H and O–H groups in total. The van der Waals surface area contributed by atoms with Gasteiger partial charge in [0.1, 0.15) is 5.52 Å². The standard InChI is InChI=1S/C13H16N4/c1-8(2)6-15-11-9(3)4-5-10-7-16-13(14)17-12(10)11/h4-8H,1-3H3,(H2,14,16,17). The van der Waals surface area contributed by atoms with E-state index in [9.17, 15) is 0 Å². The number of aromatic nitrogens is 2. The van der Waals surface area contributed by atoms with Gasteiger partial charge < -0.3 is 5.73 Å². The average Bonchev–Trinajstić information content (AvgIpc) is 2.27. The molecule has 0 radical (unpaired) electrons. The van der Waals surface area contributed by atoms with Crippen LogP contribution in [-0.2, 0) is 0 Å². The molecule has 0 aliphatic rings. The van der Waals surface area contributed by atoms with E-state index in [0.717, 1.165) is 22.2 Å². The molecule has 0 saturated carbocycles. The van der Waals surface area contributed by atoms with Crippen LogP contribution < -0.4 is 5.73 Å². The maximum Gasteiger partial charge on any atom is 0.220 e. The Labute approximate surface area is 101 Å². The smallest absolute Gasteiger partial charge is 0.220 e. The van der Waals surface area contributed by atoms with Crippen molar-refractivity contribution < 1.29 is 0 Å². The molecule has 2 rings (SSSR count). The third-order valence-corrected chi connectivity index (χ3v) is 2.45. The van der Waals surface area contributed by atoms with Crippen molar-refractivity contribution in [2.75, 3.05) is 5.73 Å². The summed E-state index contributed by atoms with van der Waals surface area (Å²) < 4.78 is 0. The van der Waals surface area contributed by atoms with Crippen LogP contribution >= 0.6 is 0 Å². The molecule has 0 fully saturated rings. The van der Waals surface area contributed by atoms with Gasteiger partial charge in [-0.3, -0.25) is 4.99 Å². The summed E-state index contributed by atoms with van der Waals surface area (Å²) in [5.41, 5.74) is 8.41. The first kappa shape index (κ1) is 11.5. The molecule has 1 aromatic carbocycles. The molecule has 88 valence electrons. The van der Waals surface area contributed by atoms with Gasteiger partial charge in [-0.25, -0.2) is 9.97 Å². The topological polar surface area (TPSA) is 64.2 Å². The molecule has 1 heterocycles. The van der Waals surface area contributed by atoms with E-state index < -0.39 is 0 Å². The molecule has 0 aliphatic carbocycles. The fourth-order valence-corrected chi connectivity index (χ4v) is 1.58. The van der Waals surface area contributed by atoms with Crippen molar-refractivity contribution in [1.82, 2.24) is 9.97 Å². The summed E-state index contributed by atoms with van der Waals surface area (Å²) >= 11 is 0. The molecule has 0 aliphatic heterocycles. The van der Waals surface area contributed by atoms with Crippen LogP contribution in [0.4, 0.5) is 11.6 Å². The summed E-state index contributed by atoms with van der Waals surface area (Å²) in [6, 6.07) is 4.01. The van der Waals surface area contributed by atoms with Gasteiger partial charge in [-0.2, -0.15) is 0 Å². The molecule has 0 spiro atoms. The second kappa shape index (κ2) is 4.49. The SMILES string of the molecule is Cc1ccc2cnc(N)nc2c1N=CC(C)C. The predicted octanol–water partition coefficient (Wildman–Crippen LogP) is 2.88. The van der Waals surface area contributed by atoms with Crippen LogP contribution in [0.15, 0.2) is 23.3 Å². The van der Waals surface area contributed by atoms with Crippen LogP contribution in [0.1, 0.15) is 19.4 Å². The summed E-state index contributed by atoms with van der Waals surface area (Å²) in [5, 5.41) is 0.959. The van der Waals surface area contributed by atoms with E-state index in [2.05, 4.69) is 28.8 Å². The highest BCUT2D eigenvalue weighted by Gasteiger charge is 2.06. The van der Waals surface area contributed by atoms with Gasteiger partial charge in [-0.15, -0.1) is 0 Å². The second-order valence-electron chi connectivity index (χ2n) is 4.42. The van der Waals surface area contributed by atoms with Crippen LogP contribution in [0.2, 0.25) is 0 Å². The molecule has 0 saturated heterocycles. The number of rotatable bonds is 2. The average molecular weight is 228 g/mol. The molecular weight excluding hydrogens is 212 g/mol. The zero-order valence-corrected chi connectivity index (χ0v) is 10.3. The van der Waals surface area contributed by atoms with Gasteiger partial charge in [-0.1, -0.05) is 26.0 Å². The van der Waals surface area contributed by atoms with Gasteiger partial charge in [0.25, 0.3) is 0 Å². The zero-order chi connectivity index (χ0) is 12.4. The summed E-state index contributed by atoms with van der Waals surface area (Å²) in [5.74, 6) is 0.688. The number of benzene rings is 1. The Morgan fingerprint density at radius 1 is 1.35 bits per heavy atom. The molecular formula is C13H16N4. The van der Waals surface area contributed by atoms with Crippen molar-refractivity contribution in [3.8, 4) is 0 Å². The van der Waals surface area contributed by atoms with Crippen LogP contribution in [-0.4, -0.2) is 16.2 Å². The van der Waals surface area contributed by atoms with Crippen molar-refractivity contribution in [3.63, 3.8) is 0 Å². The van der Waals surface area contributed by atoms with Gasteiger partial charge >= 0.3 is 0 Å². The lowest BCUT2D eigenvalue weighted by Crippen LogP contribution is -1.95. The van der Waals surface area contributed by atoms with E-state index >= 15 is 0 Å². The minimum atomic E-state index is 0.282. The first-order chi connectivity index (χ1) is 8.08. The van der Waals surface area contributed by atoms with E-state index in [4.69, 9.17) is 5.73 Å². The minimum absolute atomic E-state index is 0.282. The first-order valence-electron chi connectivity index (χ1n) is 5.64. The number of anilines is 1. The van der Waals surface area contributed by atoms with Crippen molar-refractivity contribution in [3.05, 3.63) is 23.9 Å². The van der Waals surface area contributed by atoms with Gasteiger partial charge in [0.15, 0.2) is 0 Å². The molecule has 0 unspecified atom stereocenters. The molecule has 0 amide bonds. The third-order valence-electron chi connectivity index (χ3n) is 2.45. The second-order valence-corrected chi connectivity index (χ2v) is 4.42. The van der Waals surface area contributed by atoms with E-state index in [-0.39, 0.29) is 5.95 Å².